The molecular weight excluding hydrogens is 476 g/mol. The van der Waals surface area contributed by atoms with Gasteiger partial charge < -0.3 is 9.80 Å². The van der Waals surface area contributed by atoms with Gasteiger partial charge in [0.05, 0.1) is 34.9 Å². The number of piperazine rings is 1. The third-order valence-corrected chi connectivity index (χ3v) is 7.12. The quantitative estimate of drug-likeness (QED) is 0.503. The van der Waals surface area contributed by atoms with Crippen LogP contribution in [0.5, 0.6) is 0 Å². The van der Waals surface area contributed by atoms with Crippen molar-refractivity contribution in [2.24, 2.45) is 4.99 Å². The summed E-state index contributed by atoms with van der Waals surface area (Å²) in [6.07, 6.45) is 8.45. The van der Waals surface area contributed by atoms with Crippen molar-refractivity contribution in [1.29, 1.82) is 0 Å². The van der Waals surface area contributed by atoms with E-state index in [4.69, 9.17) is 11.6 Å². The zero-order valence-corrected chi connectivity index (χ0v) is 21.2. The topological polar surface area (TPSA) is 82.0 Å². The molecule has 0 N–H and O–H groups in total. The highest BCUT2D eigenvalue weighted by Gasteiger charge is 2.44. The van der Waals surface area contributed by atoms with Gasteiger partial charge in [-0.05, 0) is 49.7 Å². The average molecular weight is 503 g/mol. The zero-order valence-electron chi connectivity index (χ0n) is 20.5. The molecule has 2 amide bonds. The third kappa shape index (κ3) is 4.11. The molecule has 184 valence electrons. The Morgan fingerprint density at radius 2 is 1.78 bits per heavy atom. The van der Waals surface area contributed by atoms with Gasteiger partial charge in [0.1, 0.15) is 0 Å². The monoisotopic (exact) mass is 502 g/mol. The van der Waals surface area contributed by atoms with Crippen molar-refractivity contribution < 1.29 is 9.59 Å². The molecule has 1 aromatic carbocycles. The minimum absolute atomic E-state index is 0.0506. The van der Waals surface area contributed by atoms with Gasteiger partial charge in [-0.1, -0.05) is 11.6 Å². The predicted octanol–water partition coefficient (Wildman–Crippen LogP) is 4.04. The molecule has 2 aliphatic heterocycles. The second-order valence-corrected chi connectivity index (χ2v) is 9.86. The van der Waals surface area contributed by atoms with Gasteiger partial charge in [0.25, 0.3) is 11.8 Å². The summed E-state index contributed by atoms with van der Waals surface area (Å²) in [6.45, 7) is 6.47. The molecule has 0 radical (unpaired) electrons. The third-order valence-electron chi connectivity index (χ3n) is 6.89. The number of pyridine rings is 2. The van der Waals surface area contributed by atoms with E-state index in [2.05, 4.69) is 19.9 Å². The van der Waals surface area contributed by atoms with E-state index in [0.717, 1.165) is 22.5 Å². The molecule has 0 unspecified atom stereocenters. The van der Waals surface area contributed by atoms with Crippen LogP contribution < -0.4 is 9.80 Å². The fourth-order valence-corrected chi connectivity index (χ4v) is 5.20. The smallest absolute Gasteiger partial charge is 0.259 e. The van der Waals surface area contributed by atoms with Crippen molar-refractivity contribution in [3.8, 4) is 0 Å². The molecule has 0 saturated carbocycles. The number of anilines is 2. The Labute approximate surface area is 215 Å². The molecule has 2 aromatic heterocycles. The molecule has 0 atom stereocenters. The summed E-state index contributed by atoms with van der Waals surface area (Å²) in [4.78, 5) is 44.9. The van der Waals surface area contributed by atoms with Gasteiger partial charge in [0.2, 0.25) is 0 Å². The lowest BCUT2D eigenvalue weighted by Gasteiger charge is -2.37. The number of carbonyl (C=O) groups excluding carboxylic acids is 2. The summed E-state index contributed by atoms with van der Waals surface area (Å²) < 4.78 is 0. The fraction of sp³-hybridized carbons (Fsp3) is 0.296. The summed E-state index contributed by atoms with van der Waals surface area (Å²) in [5, 5.41) is 0.608. The molecule has 4 heterocycles. The van der Waals surface area contributed by atoms with E-state index < -0.39 is 5.54 Å². The van der Waals surface area contributed by atoms with E-state index in [1.807, 2.05) is 30.9 Å². The van der Waals surface area contributed by atoms with Crippen LogP contribution in [-0.2, 0) is 5.54 Å². The molecule has 8 nitrogen and oxygen atoms in total. The molecular formula is C27H27ClN6O2. The van der Waals surface area contributed by atoms with E-state index in [1.165, 1.54) is 0 Å². The first-order chi connectivity index (χ1) is 17.3. The van der Waals surface area contributed by atoms with Crippen LogP contribution in [0.3, 0.4) is 0 Å². The second kappa shape index (κ2) is 9.35. The van der Waals surface area contributed by atoms with E-state index in [9.17, 15) is 9.59 Å². The maximum atomic E-state index is 13.3. The maximum Gasteiger partial charge on any atom is 0.259 e. The normalized spacial score (nSPS) is 17.1. The Morgan fingerprint density at radius 3 is 2.53 bits per heavy atom. The number of aliphatic imine (C=N–C) groups is 1. The number of hydrogen-bond donors (Lipinski definition) is 0. The van der Waals surface area contributed by atoms with Gasteiger partial charge in [-0.2, -0.15) is 0 Å². The average Bonchev–Trinajstić information content (AvgIpc) is 3.08. The molecule has 3 aromatic rings. The highest BCUT2D eigenvalue weighted by molar-refractivity contribution is 6.31. The lowest BCUT2D eigenvalue weighted by atomic mass is 9.93. The molecule has 1 saturated heterocycles. The molecule has 36 heavy (non-hydrogen) atoms. The van der Waals surface area contributed by atoms with E-state index in [0.29, 0.717) is 42.3 Å². The van der Waals surface area contributed by atoms with Gasteiger partial charge in [0.15, 0.2) is 0 Å². The number of halogens is 1. The molecule has 9 heteroatoms. The SMILES string of the molecule is CN=Cc1ccncc1C(=O)N1CCN(c2cncc(N3C(=O)c4ccc(Cl)cc4C3(C)C)c2)CC1. The Morgan fingerprint density at radius 1 is 1.03 bits per heavy atom. The minimum Gasteiger partial charge on any atom is -0.367 e. The molecule has 5 rings (SSSR count). The number of amides is 2. The number of fused-ring (bicyclic) bond motifs is 1. The first-order valence-corrected chi connectivity index (χ1v) is 12.2. The standard InChI is InChI=1S/C27H27ClN6O2/c1-27(2)24-12-19(28)4-5-22(24)26(36)34(27)21-13-20(15-31-16-21)32-8-10-33(11-9-32)25(35)23-17-30-7-6-18(23)14-29-3/h4-7,12-17H,8-11H2,1-3H3. The predicted molar refractivity (Wildman–Crippen MR) is 141 cm³/mol. The van der Waals surface area contributed by atoms with Crippen LogP contribution in [0.25, 0.3) is 0 Å². The van der Waals surface area contributed by atoms with Crippen molar-refractivity contribution in [2.75, 3.05) is 43.0 Å². The summed E-state index contributed by atoms with van der Waals surface area (Å²) in [7, 11) is 1.68. The first kappa shape index (κ1) is 23.9. The molecule has 2 aliphatic rings. The minimum atomic E-state index is -0.564. The summed E-state index contributed by atoms with van der Waals surface area (Å²) in [5.41, 5.74) is 3.95. The Kier molecular flexibility index (Phi) is 6.22. The number of nitrogens with zero attached hydrogens (tertiary/aromatic N) is 6. The Hall–Kier alpha value is -3.78. The number of benzene rings is 1. The molecule has 0 spiro atoms. The lowest BCUT2D eigenvalue weighted by molar-refractivity contribution is 0.0746. The summed E-state index contributed by atoms with van der Waals surface area (Å²) >= 11 is 6.23. The Bertz CT molecular complexity index is 1360. The van der Waals surface area contributed by atoms with Crippen molar-refractivity contribution in [3.63, 3.8) is 0 Å². The number of hydrogen-bond acceptors (Lipinski definition) is 6. The van der Waals surface area contributed by atoms with Crippen molar-refractivity contribution in [3.05, 3.63) is 82.4 Å². The van der Waals surface area contributed by atoms with Crippen LogP contribution in [0, 0.1) is 0 Å². The maximum absolute atomic E-state index is 13.3. The highest BCUT2D eigenvalue weighted by atomic mass is 35.5. The molecule has 0 aliphatic carbocycles. The van der Waals surface area contributed by atoms with Gasteiger partial charge in [0, 0.05) is 68.0 Å². The molecule has 0 bridgehead atoms. The number of aromatic nitrogens is 2. The van der Waals surface area contributed by atoms with Crippen LogP contribution >= 0.6 is 11.6 Å². The van der Waals surface area contributed by atoms with Gasteiger partial charge in [-0.25, -0.2) is 0 Å². The van der Waals surface area contributed by atoms with E-state index >= 15 is 0 Å². The fourth-order valence-electron chi connectivity index (χ4n) is 5.03. The van der Waals surface area contributed by atoms with Crippen LogP contribution in [0.15, 0.2) is 60.1 Å². The number of carbonyl (C=O) groups is 2. The number of rotatable bonds is 4. The van der Waals surface area contributed by atoms with Crippen molar-refractivity contribution >= 4 is 41.0 Å². The van der Waals surface area contributed by atoms with Gasteiger partial charge in [-0.3, -0.25) is 29.4 Å². The highest BCUT2D eigenvalue weighted by Crippen LogP contribution is 2.43. The summed E-state index contributed by atoms with van der Waals surface area (Å²) in [5.74, 6) is -0.116. The molecule has 1 fully saturated rings. The van der Waals surface area contributed by atoms with Crippen LogP contribution in [0.4, 0.5) is 11.4 Å². The first-order valence-electron chi connectivity index (χ1n) is 11.8. The lowest BCUT2D eigenvalue weighted by Crippen LogP contribution is -2.49. The van der Waals surface area contributed by atoms with Crippen LogP contribution in [0.1, 0.15) is 45.7 Å². The zero-order chi connectivity index (χ0) is 25.4. The van der Waals surface area contributed by atoms with Gasteiger partial charge >= 0.3 is 0 Å². The van der Waals surface area contributed by atoms with Crippen LogP contribution in [0.2, 0.25) is 5.02 Å². The van der Waals surface area contributed by atoms with E-state index in [1.54, 1.807) is 61.1 Å². The Balaban J connectivity index is 1.33. The van der Waals surface area contributed by atoms with Crippen molar-refractivity contribution in [1.82, 2.24) is 14.9 Å². The van der Waals surface area contributed by atoms with Gasteiger partial charge in [-0.15, -0.1) is 0 Å². The summed E-state index contributed by atoms with van der Waals surface area (Å²) in [6, 6.07) is 9.18. The second-order valence-electron chi connectivity index (χ2n) is 9.42. The van der Waals surface area contributed by atoms with E-state index in [-0.39, 0.29) is 11.8 Å². The van der Waals surface area contributed by atoms with Crippen molar-refractivity contribution in [2.45, 2.75) is 19.4 Å². The van der Waals surface area contributed by atoms with Crippen LogP contribution in [-0.4, -0.2) is 66.1 Å². The largest absolute Gasteiger partial charge is 0.367 e.